The number of hydrogen-bond donors (Lipinski definition) is 2. The highest BCUT2D eigenvalue weighted by atomic mass is 19.4. The Hall–Kier alpha value is -2.20. The van der Waals surface area contributed by atoms with Gasteiger partial charge < -0.3 is 15.2 Å². The van der Waals surface area contributed by atoms with Crippen LogP contribution in [0.25, 0.3) is 0 Å². The van der Waals surface area contributed by atoms with Crippen molar-refractivity contribution in [2.75, 3.05) is 6.54 Å². The number of alkyl halides is 3. The van der Waals surface area contributed by atoms with Crippen LogP contribution in [-0.4, -0.2) is 23.3 Å². The SMILES string of the molecule is CC(C)(C)OC(=O)NCCC#Cc1ccc(C(F)(F)F)cc1CO. The summed E-state index contributed by atoms with van der Waals surface area (Å²) in [5, 5.41) is 11.7. The molecule has 1 rings (SSSR count). The molecule has 4 nitrogen and oxygen atoms in total. The number of rotatable bonds is 3. The number of carbonyl (C=O) groups excluding carboxylic acids is 1. The van der Waals surface area contributed by atoms with Crippen molar-refractivity contribution in [2.45, 2.75) is 45.6 Å². The zero-order valence-corrected chi connectivity index (χ0v) is 13.8. The van der Waals surface area contributed by atoms with Crippen molar-refractivity contribution in [2.24, 2.45) is 0 Å². The van der Waals surface area contributed by atoms with Crippen molar-refractivity contribution >= 4 is 6.09 Å². The Kier molecular flexibility index (Phi) is 6.67. The molecule has 0 aliphatic heterocycles. The molecule has 1 amide bonds. The Morgan fingerprint density at radius 1 is 1.29 bits per heavy atom. The van der Waals surface area contributed by atoms with E-state index in [1.165, 1.54) is 6.07 Å². The molecule has 24 heavy (non-hydrogen) atoms. The number of hydrogen-bond acceptors (Lipinski definition) is 3. The molecule has 0 aliphatic carbocycles. The molecular formula is C17H20F3NO3. The van der Waals surface area contributed by atoms with E-state index in [-0.39, 0.29) is 12.1 Å². The maximum Gasteiger partial charge on any atom is 0.416 e. The Morgan fingerprint density at radius 3 is 2.50 bits per heavy atom. The lowest BCUT2D eigenvalue weighted by Gasteiger charge is -2.19. The van der Waals surface area contributed by atoms with Crippen LogP contribution in [0.5, 0.6) is 0 Å². The lowest BCUT2D eigenvalue weighted by atomic mass is 10.0. The van der Waals surface area contributed by atoms with Crippen LogP contribution < -0.4 is 5.32 Å². The quantitative estimate of drug-likeness (QED) is 0.653. The maximum absolute atomic E-state index is 12.6. The number of ether oxygens (including phenoxy) is 1. The largest absolute Gasteiger partial charge is 0.444 e. The summed E-state index contributed by atoms with van der Waals surface area (Å²) in [6, 6.07) is 3.02. The first kappa shape index (κ1) is 19.8. The Morgan fingerprint density at radius 2 is 1.96 bits per heavy atom. The van der Waals surface area contributed by atoms with Crippen molar-refractivity contribution in [3.8, 4) is 11.8 Å². The molecular weight excluding hydrogens is 323 g/mol. The summed E-state index contributed by atoms with van der Waals surface area (Å²) in [4.78, 5) is 11.4. The van der Waals surface area contributed by atoms with Gasteiger partial charge in [0, 0.05) is 18.5 Å². The first-order valence-electron chi connectivity index (χ1n) is 7.29. The van der Waals surface area contributed by atoms with E-state index in [9.17, 15) is 23.1 Å². The smallest absolute Gasteiger partial charge is 0.416 e. The molecule has 0 aliphatic rings. The molecule has 0 aromatic heterocycles. The highest BCUT2D eigenvalue weighted by Crippen LogP contribution is 2.30. The fraction of sp³-hybridized carbons (Fsp3) is 0.471. The summed E-state index contributed by atoms with van der Waals surface area (Å²) in [5.74, 6) is 5.44. The number of amides is 1. The molecule has 1 aromatic rings. The standard InChI is InChI=1S/C17H20F3NO3/c1-16(2,3)24-15(23)21-9-5-4-6-12-7-8-14(17(18,19)20)10-13(12)11-22/h7-8,10,22H,5,9,11H2,1-3H3,(H,21,23). The Bertz CT molecular complexity index is 637. The van der Waals surface area contributed by atoms with Crippen LogP contribution in [0.3, 0.4) is 0 Å². The number of benzene rings is 1. The van der Waals surface area contributed by atoms with Gasteiger partial charge in [0.2, 0.25) is 0 Å². The second-order valence-corrected chi connectivity index (χ2v) is 6.01. The fourth-order valence-electron chi connectivity index (χ4n) is 1.72. The van der Waals surface area contributed by atoms with Gasteiger partial charge in [-0.05, 0) is 44.5 Å². The Balaban J connectivity index is 2.62. The number of alkyl carbamates (subject to hydrolysis) is 1. The normalized spacial score (nSPS) is 11.5. The zero-order chi connectivity index (χ0) is 18.4. The third-order valence-corrected chi connectivity index (χ3v) is 2.74. The van der Waals surface area contributed by atoms with Crippen molar-refractivity contribution in [1.82, 2.24) is 5.32 Å². The van der Waals surface area contributed by atoms with Gasteiger partial charge >= 0.3 is 12.3 Å². The van der Waals surface area contributed by atoms with E-state index in [1.54, 1.807) is 20.8 Å². The van der Waals surface area contributed by atoms with Gasteiger partial charge in [0.05, 0.1) is 12.2 Å². The summed E-state index contributed by atoms with van der Waals surface area (Å²) in [7, 11) is 0. The minimum atomic E-state index is -4.47. The lowest BCUT2D eigenvalue weighted by Crippen LogP contribution is -2.32. The van der Waals surface area contributed by atoms with Crippen LogP contribution in [0.2, 0.25) is 0 Å². The molecule has 0 radical (unpaired) electrons. The van der Waals surface area contributed by atoms with Gasteiger partial charge in [-0.1, -0.05) is 11.8 Å². The third-order valence-electron chi connectivity index (χ3n) is 2.74. The van der Waals surface area contributed by atoms with Gasteiger partial charge in [0.15, 0.2) is 0 Å². The van der Waals surface area contributed by atoms with Gasteiger partial charge in [-0.15, -0.1) is 0 Å². The molecule has 0 fully saturated rings. The van der Waals surface area contributed by atoms with Crippen molar-refractivity contribution in [3.63, 3.8) is 0 Å². The fourth-order valence-corrected chi connectivity index (χ4v) is 1.72. The van der Waals surface area contributed by atoms with Gasteiger partial charge in [-0.2, -0.15) is 13.2 Å². The second-order valence-electron chi connectivity index (χ2n) is 6.01. The van der Waals surface area contributed by atoms with E-state index in [2.05, 4.69) is 17.2 Å². The number of aliphatic hydroxyl groups is 1. The van der Waals surface area contributed by atoms with E-state index < -0.39 is 30.0 Å². The molecule has 0 unspecified atom stereocenters. The number of nitrogens with one attached hydrogen (secondary N) is 1. The molecule has 0 bridgehead atoms. The molecule has 0 saturated carbocycles. The van der Waals surface area contributed by atoms with Crippen LogP contribution in [0.4, 0.5) is 18.0 Å². The molecule has 1 aromatic carbocycles. The minimum absolute atomic E-state index is 0.109. The maximum atomic E-state index is 12.6. The topological polar surface area (TPSA) is 58.6 Å². The van der Waals surface area contributed by atoms with E-state index >= 15 is 0 Å². The third kappa shape index (κ3) is 6.92. The molecule has 0 saturated heterocycles. The van der Waals surface area contributed by atoms with Crippen molar-refractivity contribution in [1.29, 1.82) is 0 Å². The minimum Gasteiger partial charge on any atom is -0.444 e. The van der Waals surface area contributed by atoms with Gasteiger partial charge in [-0.25, -0.2) is 4.79 Å². The van der Waals surface area contributed by atoms with Crippen LogP contribution in [0.1, 0.15) is 43.9 Å². The predicted molar refractivity (Wildman–Crippen MR) is 83.1 cm³/mol. The second kappa shape index (κ2) is 8.06. The highest BCUT2D eigenvalue weighted by Gasteiger charge is 2.30. The van der Waals surface area contributed by atoms with Crippen LogP contribution in [-0.2, 0) is 17.5 Å². The van der Waals surface area contributed by atoms with E-state index in [1.807, 2.05) is 0 Å². The zero-order valence-electron chi connectivity index (χ0n) is 13.8. The summed E-state index contributed by atoms with van der Waals surface area (Å²) in [6.45, 7) is 4.94. The summed E-state index contributed by atoms with van der Waals surface area (Å²) >= 11 is 0. The predicted octanol–water partition coefficient (Wildman–Crippen LogP) is 3.46. The van der Waals surface area contributed by atoms with E-state index in [4.69, 9.17) is 4.74 Å². The van der Waals surface area contributed by atoms with Gasteiger partial charge in [0.25, 0.3) is 0 Å². The monoisotopic (exact) mass is 343 g/mol. The highest BCUT2D eigenvalue weighted by molar-refractivity contribution is 5.67. The van der Waals surface area contributed by atoms with Crippen LogP contribution >= 0.6 is 0 Å². The number of halogens is 3. The molecule has 0 atom stereocenters. The molecule has 0 spiro atoms. The molecule has 0 heterocycles. The number of aliphatic hydroxyl groups excluding tert-OH is 1. The summed E-state index contributed by atoms with van der Waals surface area (Å²) in [5.41, 5.74) is -0.990. The average molecular weight is 343 g/mol. The van der Waals surface area contributed by atoms with E-state index in [0.29, 0.717) is 12.0 Å². The van der Waals surface area contributed by atoms with Gasteiger partial charge in [-0.3, -0.25) is 0 Å². The summed E-state index contributed by atoms with van der Waals surface area (Å²) < 4.78 is 42.9. The number of carbonyl (C=O) groups is 1. The Labute approximate surface area is 139 Å². The van der Waals surface area contributed by atoms with Crippen molar-refractivity contribution in [3.05, 3.63) is 34.9 Å². The van der Waals surface area contributed by atoms with Crippen LogP contribution in [0, 0.1) is 11.8 Å². The van der Waals surface area contributed by atoms with E-state index in [0.717, 1.165) is 12.1 Å². The first-order chi connectivity index (χ1) is 11.0. The summed E-state index contributed by atoms with van der Waals surface area (Å²) in [6.07, 6.45) is -4.73. The van der Waals surface area contributed by atoms with Crippen LogP contribution in [0.15, 0.2) is 18.2 Å². The molecule has 7 heteroatoms. The lowest BCUT2D eigenvalue weighted by molar-refractivity contribution is -0.137. The first-order valence-corrected chi connectivity index (χ1v) is 7.29. The average Bonchev–Trinajstić information content (AvgIpc) is 2.44. The van der Waals surface area contributed by atoms with Crippen molar-refractivity contribution < 1.29 is 27.8 Å². The molecule has 2 N–H and O–H groups in total. The van der Waals surface area contributed by atoms with Gasteiger partial charge in [0.1, 0.15) is 5.60 Å². The molecule has 132 valence electrons.